The number of unbranched alkanes of at least 4 members (excludes halogenated alkanes) is 1. The van der Waals surface area contributed by atoms with Crippen molar-refractivity contribution in [2.75, 3.05) is 18.6 Å². The van der Waals surface area contributed by atoms with Crippen molar-refractivity contribution in [2.45, 2.75) is 12.8 Å². The zero-order valence-corrected chi connectivity index (χ0v) is 11.2. The van der Waals surface area contributed by atoms with E-state index in [9.17, 15) is 8.42 Å². The summed E-state index contributed by atoms with van der Waals surface area (Å²) in [6, 6.07) is 7.43. The van der Waals surface area contributed by atoms with E-state index in [2.05, 4.69) is 6.58 Å². The number of nitrogen functional groups attached to an aromatic ring is 1. The molecule has 5 nitrogen and oxygen atoms in total. The molecule has 1 rings (SSSR count). The van der Waals surface area contributed by atoms with Gasteiger partial charge in [-0.2, -0.15) is 8.42 Å². The number of benzene rings is 1. The summed E-state index contributed by atoms with van der Waals surface area (Å²) in [5.74, 6) is 0.873. The first-order valence-electron chi connectivity index (χ1n) is 5.34. The van der Waals surface area contributed by atoms with E-state index in [-0.39, 0.29) is 0 Å². The van der Waals surface area contributed by atoms with Gasteiger partial charge in [-0.15, -0.1) is 6.58 Å². The van der Waals surface area contributed by atoms with Gasteiger partial charge in [0.2, 0.25) is 0 Å². The first-order valence-corrected chi connectivity index (χ1v) is 7.19. The number of allylic oxidation sites excluding steroid dienone is 1. The van der Waals surface area contributed by atoms with E-state index in [1.807, 2.05) is 30.3 Å². The fourth-order valence-electron chi connectivity index (χ4n) is 0.982. The van der Waals surface area contributed by atoms with Crippen LogP contribution in [0.2, 0.25) is 0 Å². The molecule has 102 valence electrons. The number of hydrogen-bond acceptors (Lipinski definition) is 4. The molecule has 0 heterocycles. The summed E-state index contributed by atoms with van der Waals surface area (Å²) in [4.78, 5) is 0. The lowest BCUT2D eigenvalue weighted by atomic mass is 10.3. The average Bonchev–Trinajstić information content (AvgIpc) is 2.25. The van der Waals surface area contributed by atoms with Gasteiger partial charge in [-0.1, -0.05) is 6.08 Å². The molecule has 0 bridgehead atoms. The van der Waals surface area contributed by atoms with Crippen LogP contribution in [0.1, 0.15) is 12.8 Å². The van der Waals surface area contributed by atoms with E-state index in [0.29, 0.717) is 6.26 Å². The van der Waals surface area contributed by atoms with Gasteiger partial charge in [0, 0.05) is 5.69 Å². The molecule has 0 radical (unpaired) electrons. The summed E-state index contributed by atoms with van der Waals surface area (Å²) in [6.07, 6.45) is 4.61. The van der Waals surface area contributed by atoms with Gasteiger partial charge in [0.15, 0.2) is 0 Å². The quantitative estimate of drug-likeness (QED) is 0.371. The first-order chi connectivity index (χ1) is 8.33. The normalized spacial score (nSPS) is 10.1. The summed E-state index contributed by atoms with van der Waals surface area (Å²) >= 11 is 0. The molecule has 0 spiro atoms. The van der Waals surface area contributed by atoms with Gasteiger partial charge in [0.1, 0.15) is 5.75 Å². The van der Waals surface area contributed by atoms with Gasteiger partial charge in [-0.3, -0.25) is 4.55 Å². The van der Waals surface area contributed by atoms with Crippen molar-refractivity contribution in [2.24, 2.45) is 0 Å². The van der Waals surface area contributed by atoms with Crippen LogP contribution < -0.4 is 10.5 Å². The Bertz CT molecular complexity index is 432. The van der Waals surface area contributed by atoms with Crippen LogP contribution in [0.3, 0.4) is 0 Å². The highest BCUT2D eigenvalue weighted by Crippen LogP contribution is 2.13. The van der Waals surface area contributed by atoms with Gasteiger partial charge >= 0.3 is 0 Å². The molecule has 0 aliphatic rings. The minimum atomic E-state index is -3.67. The predicted molar refractivity (Wildman–Crippen MR) is 73.3 cm³/mol. The highest BCUT2D eigenvalue weighted by Gasteiger charge is 1.91. The number of rotatable bonds is 5. The van der Waals surface area contributed by atoms with Gasteiger partial charge in [0.25, 0.3) is 10.1 Å². The lowest BCUT2D eigenvalue weighted by Crippen LogP contribution is -1.96. The minimum Gasteiger partial charge on any atom is -0.494 e. The van der Waals surface area contributed by atoms with Crippen LogP contribution in [0, 0.1) is 0 Å². The van der Waals surface area contributed by atoms with Crippen LogP contribution in [-0.4, -0.2) is 25.8 Å². The summed E-state index contributed by atoms with van der Waals surface area (Å²) in [7, 11) is -3.67. The predicted octanol–water partition coefficient (Wildman–Crippen LogP) is 2.12. The maximum atomic E-state index is 9.19. The Morgan fingerprint density at radius 3 is 2.33 bits per heavy atom. The van der Waals surface area contributed by atoms with E-state index < -0.39 is 10.1 Å². The molecule has 0 unspecified atom stereocenters. The summed E-state index contributed by atoms with van der Waals surface area (Å²) in [5.41, 5.74) is 6.30. The van der Waals surface area contributed by atoms with Gasteiger partial charge < -0.3 is 10.5 Å². The maximum Gasteiger partial charge on any atom is 0.261 e. The number of nitrogens with two attached hydrogens (primary N) is 1. The van der Waals surface area contributed by atoms with Crippen molar-refractivity contribution in [1.82, 2.24) is 0 Å². The second kappa shape index (κ2) is 8.54. The third-order valence-electron chi connectivity index (χ3n) is 1.70. The molecular formula is C12H19NO4S. The lowest BCUT2D eigenvalue weighted by Gasteiger charge is -2.04. The number of hydrogen-bond donors (Lipinski definition) is 2. The molecule has 3 N–H and O–H groups in total. The SMILES string of the molecule is C=CCCCOc1ccc(N)cc1.CS(=O)(=O)O. The minimum absolute atomic E-state index is 0.715. The molecule has 1 aromatic carbocycles. The molecule has 0 saturated heterocycles. The van der Waals surface area contributed by atoms with Crippen molar-refractivity contribution < 1.29 is 17.7 Å². The molecule has 0 atom stereocenters. The highest BCUT2D eigenvalue weighted by molar-refractivity contribution is 7.85. The molecule has 0 fully saturated rings. The molecule has 0 amide bonds. The van der Waals surface area contributed by atoms with E-state index in [0.717, 1.165) is 30.9 Å². The third-order valence-corrected chi connectivity index (χ3v) is 1.70. The fraction of sp³-hybridized carbons (Fsp3) is 0.333. The molecule has 0 aliphatic carbocycles. The Kier molecular flexibility index (Phi) is 7.82. The molecule has 1 aromatic rings. The van der Waals surface area contributed by atoms with Crippen LogP contribution in [-0.2, 0) is 10.1 Å². The monoisotopic (exact) mass is 273 g/mol. The molecular weight excluding hydrogens is 254 g/mol. The third kappa shape index (κ3) is 12.5. The Labute approximate surface area is 108 Å². The van der Waals surface area contributed by atoms with Crippen LogP contribution in [0.15, 0.2) is 36.9 Å². The zero-order chi connectivity index (χ0) is 14.0. The van der Waals surface area contributed by atoms with E-state index in [1.54, 1.807) is 0 Å². The maximum absolute atomic E-state index is 9.19. The van der Waals surface area contributed by atoms with Crippen molar-refractivity contribution >= 4 is 15.8 Å². The van der Waals surface area contributed by atoms with Crippen molar-refractivity contribution in [1.29, 1.82) is 0 Å². The summed E-state index contributed by atoms with van der Waals surface area (Å²) < 4.78 is 31.3. The van der Waals surface area contributed by atoms with Crippen molar-refractivity contribution in [3.05, 3.63) is 36.9 Å². The van der Waals surface area contributed by atoms with E-state index in [4.69, 9.17) is 15.0 Å². The second-order valence-electron chi connectivity index (χ2n) is 3.58. The molecule has 0 aliphatic heterocycles. The highest BCUT2D eigenvalue weighted by atomic mass is 32.2. The molecule has 18 heavy (non-hydrogen) atoms. The fourth-order valence-corrected chi connectivity index (χ4v) is 0.982. The number of ether oxygens (including phenoxy) is 1. The van der Waals surface area contributed by atoms with Crippen molar-refractivity contribution in [3.8, 4) is 5.75 Å². The van der Waals surface area contributed by atoms with E-state index >= 15 is 0 Å². The Morgan fingerprint density at radius 2 is 1.89 bits per heavy atom. The largest absolute Gasteiger partial charge is 0.494 e. The Balaban J connectivity index is 0.000000494. The standard InChI is InChI=1S/C11H15NO.CH4O3S/c1-2-3-4-9-13-11-7-5-10(12)6-8-11;1-5(2,3)4/h2,5-8H,1,3-4,9,12H2;1H3,(H,2,3,4). The topological polar surface area (TPSA) is 89.6 Å². The molecule has 6 heteroatoms. The average molecular weight is 273 g/mol. The van der Waals surface area contributed by atoms with Crippen molar-refractivity contribution in [3.63, 3.8) is 0 Å². The second-order valence-corrected chi connectivity index (χ2v) is 5.05. The van der Waals surface area contributed by atoms with Gasteiger partial charge in [-0.05, 0) is 37.1 Å². The summed E-state index contributed by atoms with van der Waals surface area (Å²) in [5, 5.41) is 0. The van der Waals surface area contributed by atoms with Crippen LogP contribution in [0.25, 0.3) is 0 Å². The molecule has 0 aromatic heterocycles. The van der Waals surface area contributed by atoms with Gasteiger partial charge in [-0.25, -0.2) is 0 Å². The van der Waals surface area contributed by atoms with Crippen LogP contribution >= 0.6 is 0 Å². The first kappa shape index (κ1) is 16.5. The smallest absolute Gasteiger partial charge is 0.261 e. The Hall–Kier alpha value is -1.53. The van der Waals surface area contributed by atoms with E-state index in [1.165, 1.54) is 0 Å². The zero-order valence-electron chi connectivity index (χ0n) is 10.4. The number of anilines is 1. The van der Waals surface area contributed by atoms with Crippen LogP contribution in [0.4, 0.5) is 5.69 Å². The van der Waals surface area contributed by atoms with Crippen LogP contribution in [0.5, 0.6) is 5.75 Å². The summed E-state index contributed by atoms with van der Waals surface area (Å²) in [6.45, 7) is 4.38. The lowest BCUT2D eigenvalue weighted by molar-refractivity contribution is 0.312. The molecule has 0 saturated carbocycles. The Morgan fingerprint density at radius 1 is 1.39 bits per heavy atom. The van der Waals surface area contributed by atoms with Gasteiger partial charge in [0.05, 0.1) is 12.9 Å².